The Labute approximate surface area is 162 Å². The lowest BCUT2D eigenvalue weighted by Crippen LogP contribution is -2.34. The topological polar surface area (TPSA) is 64.2 Å². The molecular formula is C22H23N5O. The van der Waals surface area contributed by atoms with E-state index in [1.165, 1.54) is 0 Å². The van der Waals surface area contributed by atoms with E-state index in [2.05, 4.69) is 38.9 Å². The van der Waals surface area contributed by atoms with Gasteiger partial charge in [-0.1, -0.05) is 6.07 Å². The molecule has 142 valence electrons. The minimum absolute atomic E-state index is 0.0558. The van der Waals surface area contributed by atoms with Crippen LogP contribution < -0.4 is 10.9 Å². The highest BCUT2D eigenvalue weighted by atomic mass is 16.1. The fourth-order valence-electron chi connectivity index (χ4n) is 4.21. The standard InChI is InChI=1S/C22H23N5O/c1-14-9-17(12-26-11-15(2)25-21(14)26)16-3-4-19-20(10-16)24-13-27(22(19)28)18-5-7-23-8-6-18/h3-4,9-13,18,23H,5-8H2,1-2H3. The van der Waals surface area contributed by atoms with Gasteiger partial charge in [0.1, 0.15) is 5.65 Å². The Balaban J connectivity index is 1.59. The number of rotatable bonds is 2. The third kappa shape index (κ3) is 2.81. The fourth-order valence-corrected chi connectivity index (χ4v) is 4.21. The first-order valence-electron chi connectivity index (χ1n) is 9.78. The second-order valence-corrected chi connectivity index (χ2v) is 7.70. The van der Waals surface area contributed by atoms with Gasteiger partial charge in [-0.2, -0.15) is 0 Å². The van der Waals surface area contributed by atoms with Crippen LogP contribution in [0.4, 0.5) is 0 Å². The largest absolute Gasteiger partial charge is 0.317 e. The van der Waals surface area contributed by atoms with Gasteiger partial charge in [0, 0.05) is 18.4 Å². The third-order valence-electron chi connectivity index (χ3n) is 5.67. The highest BCUT2D eigenvalue weighted by Crippen LogP contribution is 2.25. The molecule has 1 aliphatic rings. The van der Waals surface area contributed by atoms with Crippen LogP contribution >= 0.6 is 0 Å². The Kier molecular flexibility index (Phi) is 4.02. The van der Waals surface area contributed by atoms with Crippen molar-refractivity contribution in [3.05, 3.63) is 64.6 Å². The third-order valence-corrected chi connectivity index (χ3v) is 5.67. The van der Waals surface area contributed by atoms with Gasteiger partial charge in [-0.05, 0) is 74.7 Å². The number of benzene rings is 1. The molecular weight excluding hydrogens is 350 g/mol. The van der Waals surface area contributed by atoms with E-state index >= 15 is 0 Å². The lowest BCUT2D eigenvalue weighted by molar-refractivity contribution is 0.359. The molecule has 0 aliphatic carbocycles. The van der Waals surface area contributed by atoms with E-state index in [9.17, 15) is 4.79 Å². The van der Waals surface area contributed by atoms with E-state index in [4.69, 9.17) is 0 Å². The average Bonchev–Trinajstić information content (AvgIpc) is 3.09. The summed E-state index contributed by atoms with van der Waals surface area (Å²) in [6.07, 6.45) is 7.77. The fraction of sp³-hybridized carbons (Fsp3) is 0.318. The lowest BCUT2D eigenvalue weighted by atomic mass is 10.0. The van der Waals surface area contributed by atoms with E-state index in [0.29, 0.717) is 5.39 Å². The molecule has 0 saturated carbocycles. The van der Waals surface area contributed by atoms with Crippen molar-refractivity contribution in [2.24, 2.45) is 0 Å². The summed E-state index contributed by atoms with van der Waals surface area (Å²) in [6, 6.07) is 8.31. The number of piperidine rings is 1. The van der Waals surface area contributed by atoms with Gasteiger partial charge in [-0.25, -0.2) is 9.97 Å². The molecule has 1 saturated heterocycles. The molecule has 6 heteroatoms. The first kappa shape index (κ1) is 17.1. The van der Waals surface area contributed by atoms with Crippen molar-refractivity contribution in [1.29, 1.82) is 0 Å². The highest BCUT2D eigenvalue weighted by Gasteiger charge is 2.17. The molecule has 28 heavy (non-hydrogen) atoms. The molecule has 0 spiro atoms. The summed E-state index contributed by atoms with van der Waals surface area (Å²) in [4.78, 5) is 22.2. The lowest BCUT2D eigenvalue weighted by Gasteiger charge is -2.24. The second-order valence-electron chi connectivity index (χ2n) is 7.70. The molecule has 6 nitrogen and oxygen atoms in total. The Morgan fingerprint density at radius 3 is 2.71 bits per heavy atom. The van der Waals surface area contributed by atoms with Gasteiger partial charge in [-0.3, -0.25) is 9.36 Å². The first-order chi connectivity index (χ1) is 13.6. The number of pyridine rings is 1. The molecule has 0 amide bonds. The number of imidazole rings is 1. The summed E-state index contributed by atoms with van der Waals surface area (Å²) < 4.78 is 3.88. The molecule has 0 unspecified atom stereocenters. The smallest absolute Gasteiger partial charge is 0.261 e. The maximum Gasteiger partial charge on any atom is 0.261 e. The SMILES string of the molecule is Cc1cn2cc(-c3ccc4c(=O)n(C5CCNCC5)cnc4c3)cc(C)c2n1. The van der Waals surface area contributed by atoms with Gasteiger partial charge in [0.15, 0.2) is 0 Å². The maximum atomic E-state index is 13.0. The zero-order chi connectivity index (χ0) is 19.3. The molecule has 1 N–H and O–H groups in total. The molecule has 0 bridgehead atoms. The van der Waals surface area contributed by atoms with Crippen LogP contribution in [0.3, 0.4) is 0 Å². The number of fused-ring (bicyclic) bond motifs is 2. The molecule has 4 aromatic rings. The number of hydrogen-bond acceptors (Lipinski definition) is 4. The van der Waals surface area contributed by atoms with Crippen LogP contribution in [-0.4, -0.2) is 32.0 Å². The Morgan fingerprint density at radius 1 is 1.07 bits per heavy atom. The second kappa shape index (κ2) is 6.56. The molecule has 0 radical (unpaired) electrons. The van der Waals surface area contributed by atoms with Crippen LogP contribution in [-0.2, 0) is 0 Å². The normalized spacial score (nSPS) is 15.5. The zero-order valence-corrected chi connectivity index (χ0v) is 16.1. The van der Waals surface area contributed by atoms with Gasteiger partial charge in [0.2, 0.25) is 0 Å². The van der Waals surface area contributed by atoms with Crippen molar-refractivity contribution in [2.45, 2.75) is 32.7 Å². The summed E-state index contributed by atoms with van der Waals surface area (Å²) in [5, 5.41) is 4.02. The number of nitrogens with one attached hydrogen (secondary N) is 1. The maximum absolute atomic E-state index is 13.0. The van der Waals surface area contributed by atoms with E-state index in [1.807, 2.05) is 35.9 Å². The van der Waals surface area contributed by atoms with Crippen LogP contribution in [0.2, 0.25) is 0 Å². The molecule has 1 aliphatic heterocycles. The summed E-state index contributed by atoms with van der Waals surface area (Å²) in [5.41, 5.74) is 6.04. The van der Waals surface area contributed by atoms with Crippen molar-refractivity contribution in [3.8, 4) is 11.1 Å². The summed E-state index contributed by atoms with van der Waals surface area (Å²) >= 11 is 0. The minimum Gasteiger partial charge on any atom is -0.317 e. The molecule has 1 aromatic carbocycles. The van der Waals surface area contributed by atoms with E-state index in [1.54, 1.807) is 6.33 Å². The van der Waals surface area contributed by atoms with E-state index in [-0.39, 0.29) is 11.6 Å². The van der Waals surface area contributed by atoms with E-state index in [0.717, 1.165) is 59.5 Å². The molecule has 1 fully saturated rings. The predicted octanol–water partition coefficient (Wildman–Crippen LogP) is 3.25. The summed E-state index contributed by atoms with van der Waals surface area (Å²) in [5.74, 6) is 0. The van der Waals surface area contributed by atoms with Crippen molar-refractivity contribution in [3.63, 3.8) is 0 Å². The summed E-state index contributed by atoms with van der Waals surface area (Å²) in [7, 11) is 0. The van der Waals surface area contributed by atoms with Crippen LogP contribution in [0, 0.1) is 13.8 Å². The molecule has 4 heterocycles. The van der Waals surface area contributed by atoms with Gasteiger partial charge in [0.05, 0.1) is 22.9 Å². The van der Waals surface area contributed by atoms with Crippen LogP contribution in [0.5, 0.6) is 0 Å². The summed E-state index contributed by atoms with van der Waals surface area (Å²) in [6.45, 7) is 5.97. The van der Waals surface area contributed by atoms with Gasteiger partial charge < -0.3 is 9.72 Å². The van der Waals surface area contributed by atoms with E-state index < -0.39 is 0 Å². The van der Waals surface area contributed by atoms with Crippen LogP contribution in [0.25, 0.3) is 27.7 Å². The van der Waals surface area contributed by atoms with Crippen molar-refractivity contribution >= 4 is 16.6 Å². The molecule has 0 atom stereocenters. The minimum atomic E-state index is 0.0558. The quantitative estimate of drug-likeness (QED) is 0.586. The van der Waals surface area contributed by atoms with Crippen molar-refractivity contribution in [1.82, 2.24) is 24.3 Å². The first-order valence-corrected chi connectivity index (χ1v) is 9.78. The number of aryl methyl sites for hydroxylation is 2. The highest BCUT2D eigenvalue weighted by molar-refractivity contribution is 5.83. The van der Waals surface area contributed by atoms with Crippen LogP contribution in [0.15, 0.2) is 47.8 Å². The van der Waals surface area contributed by atoms with Gasteiger partial charge in [0.25, 0.3) is 5.56 Å². The van der Waals surface area contributed by atoms with Crippen molar-refractivity contribution < 1.29 is 0 Å². The molecule has 3 aromatic heterocycles. The Morgan fingerprint density at radius 2 is 1.89 bits per heavy atom. The average molecular weight is 373 g/mol. The van der Waals surface area contributed by atoms with Gasteiger partial charge in [-0.15, -0.1) is 0 Å². The Bertz CT molecular complexity index is 1250. The number of aromatic nitrogens is 4. The zero-order valence-electron chi connectivity index (χ0n) is 16.1. The van der Waals surface area contributed by atoms with Crippen molar-refractivity contribution in [2.75, 3.05) is 13.1 Å². The predicted molar refractivity (Wildman–Crippen MR) is 111 cm³/mol. The number of nitrogens with zero attached hydrogens (tertiary/aromatic N) is 4. The van der Waals surface area contributed by atoms with Gasteiger partial charge >= 0.3 is 0 Å². The number of hydrogen-bond donors (Lipinski definition) is 1. The Hall–Kier alpha value is -2.99. The monoisotopic (exact) mass is 373 g/mol. The molecule has 5 rings (SSSR count). The van der Waals surface area contributed by atoms with Crippen LogP contribution in [0.1, 0.15) is 30.1 Å².